The highest BCUT2D eigenvalue weighted by atomic mass is 16.5. The fraction of sp³-hybridized carbons (Fsp3) is 0.462. The van der Waals surface area contributed by atoms with E-state index in [-0.39, 0.29) is 17.9 Å². The number of ether oxygens (including phenoxy) is 2. The van der Waals surface area contributed by atoms with Crippen LogP contribution >= 0.6 is 0 Å². The minimum absolute atomic E-state index is 0.0453. The molecule has 2 aromatic rings. The van der Waals surface area contributed by atoms with Crippen molar-refractivity contribution in [3.05, 3.63) is 59.2 Å². The van der Waals surface area contributed by atoms with E-state index in [2.05, 4.69) is 36.5 Å². The molecule has 0 radical (unpaired) electrons. The molecular weight excluding hydrogens is 404 g/mol. The third-order valence-electron chi connectivity index (χ3n) is 6.05. The van der Waals surface area contributed by atoms with Gasteiger partial charge in [-0.1, -0.05) is 35.9 Å². The monoisotopic (exact) mass is 438 g/mol. The molecule has 2 amide bonds. The number of nitrogens with zero attached hydrogens (tertiary/aromatic N) is 1. The van der Waals surface area contributed by atoms with Crippen molar-refractivity contribution in [1.82, 2.24) is 10.2 Å². The summed E-state index contributed by atoms with van der Waals surface area (Å²) in [5.74, 6) is 1.60. The number of benzene rings is 2. The van der Waals surface area contributed by atoms with Crippen molar-refractivity contribution in [3.63, 3.8) is 0 Å². The van der Waals surface area contributed by atoms with E-state index in [9.17, 15) is 9.59 Å². The SMILES string of the molecule is COc1ccc(CCC(=O)NC2CCN(C(=O)CCc3ccc(C)cc3)CC2)cc1OC. The topological polar surface area (TPSA) is 67.9 Å². The molecule has 1 heterocycles. The lowest BCUT2D eigenvalue weighted by atomic mass is 10.0. The molecule has 1 N–H and O–H groups in total. The van der Waals surface area contributed by atoms with Crippen LogP contribution in [0.2, 0.25) is 0 Å². The lowest BCUT2D eigenvalue weighted by molar-refractivity contribution is -0.132. The first kappa shape index (κ1) is 23.6. The van der Waals surface area contributed by atoms with Crippen LogP contribution in [0.3, 0.4) is 0 Å². The molecule has 0 unspecified atom stereocenters. The number of carbonyl (C=O) groups is 2. The van der Waals surface area contributed by atoms with Crippen molar-refractivity contribution in [3.8, 4) is 11.5 Å². The van der Waals surface area contributed by atoms with Crippen molar-refractivity contribution < 1.29 is 19.1 Å². The molecule has 3 rings (SSSR count). The Morgan fingerprint density at radius 1 is 0.906 bits per heavy atom. The number of amides is 2. The molecule has 0 aliphatic carbocycles. The molecule has 6 heteroatoms. The molecule has 1 fully saturated rings. The number of aryl methyl sites for hydroxylation is 3. The second-order valence-electron chi connectivity index (χ2n) is 8.40. The second-order valence-corrected chi connectivity index (χ2v) is 8.40. The molecule has 1 aliphatic rings. The lowest BCUT2D eigenvalue weighted by Gasteiger charge is -2.32. The molecule has 6 nitrogen and oxygen atoms in total. The number of carbonyl (C=O) groups excluding carboxylic acids is 2. The maximum absolute atomic E-state index is 12.5. The Morgan fingerprint density at radius 3 is 2.19 bits per heavy atom. The first-order chi connectivity index (χ1) is 15.5. The van der Waals surface area contributed by atoms with Gasteiger partial charge in [-0.25, -0.2) is 0 Å². The largest absolute Gasteiger partial charge is 0.493 e. The number of likely N-dealkylation sites (tertiary alicyclic amines) is 1. The van der Waals surface area contributed by atoms with E-state index in [1.807, 2.05) is 23.1 Å². The van der Waals surface area contributed by atoms with Crippen LogP contribution in [0.1, 0.15) is 42.4 Å². The van der Waals surface area contributed by atoms with Crippen LogP contribution in [0.15, 0.2) is 42.5 Å². The Hall–Kier alpha value is -3.02. The molecule has 0 spiro atoms. The summed E-state index contributed by atoms with van der Waals surface area (Å²) in [5.41, 5.74) is 3.46. The van der Waals surface area contributed by atoms with Crippen LogP contribution in [0, 0.1) is 6.92 Å². The van der Waals surface area contributed by atoms with Crippen molar-refractivity contribution >= 4 is 11.8 Å². The zero-order valence-electron chi connectivity index (χ0n) is 19.4. The summed E-state index contributed by atoms with van der Waals surface area (Å²) >= 11 is 0. The summed E-state index contributed by atoms with van der Waals surface area (Å²) in [6.07, 6.45) is 3.97. The highest BCUT2D eigenvalue weighted by Gasteiger charge is 2.23. The first-order valence-electron chi connectivity index (χ1n) is 11.3. The highest BCUT2D eigenvalue weighted by Crippen LogP contribution is 2.28. The summed E-state index contributed by atoms with van der Waals surface area (Å²) in [4.78, 5) is 26.9. The van der Waals surface area contributed by atoms with Crippen LogP contribution in [-0.4, -0.2) is 50.1 Å². The van der Waals surface area contributed by atoms with E-state index in [1.165, 1.54) is 11.1 Å². The third kappa shape index (κ3) is 6.74. The molecule has 0 atom stereocenters. The van der Waals surface area contributed by atoms with E-state index >= 15 is 0 Å². The van der Waals surface area contributed by atoms with Gasteiger partial charge >= 0.3 is 0 Å². The van der Waals surface area contributed by atoms with Gasteiger partial charge in [0.2, 0.25) is 11.8 Å². The molecule has 32 heavy (non-hydrogen) atoms. The van der Waals surface area contributed by atoms with Gasteiger partial charge in [0, 0.05) is 32.0 Å². The van der Waals surface area contributed by atoms with E-state index in [4.69, 9.17) is 9.47 Å². The molecule has 2 aromatic carbocycles. The first-order valence-corrected chi connectivity index (χ1v) is 11.3. The van der Waals surface area contributed by atoms with Gasteiger partial charge in [0.05, 0.1) is 14.2 Å². The molecule has 1 saturated heterocycles. The van der Waals surface area contributed by atoms with Gasteiger partial charge < -0.3 is 19.7 Å². The van der Waals surface area contributed by atoms with Crippen LogP contribution in [0.4, 0.5) is 0 Å². The van der Waals surface area contributed by atoms with Gasteiger partial charge in [-0.15, -0.1) is 0 Å². The molecule has 0 saturated carbocycles. The van der Waals surface area contributed by atoms with E-state index in [0.717, 1.165) is 24.8 Å². The Morgan fingerprint density at radius 2 is 1.53 bits per heavy atom. The summed E-state index contributed by atoms with van der Waals surface area (Å²) in [5, 5.41) is 3.13. The maximum atomic E-state index is 12.5. The van der Waals surface area contributed by atoms with Crippen LogP contribution < -0.4 is 14.8 Å². The molecule has 172 valence electrons. The normalized spacial score (nSPS) is 14.2. The number of hydrogen-bond acceptors (Lipinski definition) is 4. The Balaban J connectivity index is 1.37. The van der Waals surface area contributed by atoms with Crippen LogP contribution in [0.5, 0.6) is 11.5 Å². The van der Waals surface area contributed by atoms with Gasteiger partial charge in [0.15, 0.2) is 11.5 Å². The fourth-order valence-electron chi connectivity index (χ4n) is 4.03. The third-order valence-corrected chi connectivity index (χ3v) is 6.05. The number of rotatable bonds is 9. The van der Waals surface area contributed by atoms with Gasteiger partial charge in [-0.2, -0.15) is 0 Å². The quantitative estimate of drug-likeness (QED) is 0.649. The average Bonchev–Trinajstić information content (AvgIpc) is 2.82. The summed E-state index contributed by atoms with van der Waals surface area (Å²) in [6, 6.07) is 14.2. The van der Waals surface area contributed by atoms with E-state index in [0.29, 0.717) is 43.9 Å². The van der Waals surface area contributed by atoms with Gasteiger partial charge in [0.1, 0.15) is 0 Å². The second kappa shape index (κ2) is 11.6. The Kier molecular flexibility index (Phi) is 8.54. The summed E-state index contributed by atoms with van der Waals surface area (Å²) in [6.45, 7) is 3.47. The summed E-state index contributed by atoms with van der Waals surface area (Å²) < 4.78 is 10.6. The van der Waals surface area contributed by atoms with Crippen molar-refractivity contribution in [1.29, 1.82) is 0 Å². The number of hydrogen-bond donors (Lipinski definition) is 1. The van der Waals surface area contributed by atoms with E-state index < -0.39 is 0 Å². The smallest absolute Gasteiger partial charge is 0.222 e. The molecule has 1 aliphatic heterocycles. The Labute approximate surface area is 190 Å². The molecular formula is C26H34N2O4. The molecule has 0 aromatic heterocycles. The molecule has 0 bridgehead atoms. The zero-order chi connectivity index (χ0) is 22.9. The predicted octanol–water partition coefficient (Wildman–Crippen LogP) is 3.68. The van der Waals surface area contributed by atoms with E-state index in [1.54, 1.807) is 14.2 Å². The minimum Gasteiger partial charge on any atom is -0.493 e. The number of methoxy groups -OCH3 is 2. The average molecular weight is 439 g/mol. The van der Waals surface area contributed by atoms with Crippen molar-refractivity contribution in [2.75, 3.05) is 27.3 Å². The van der Waals surface area contributed by atoms with Gasteiger partial charge in [-0.05, 0) is 55.9 Å². The van der Waals surface area contributed by atoms with Gasteiger partial charge in [0.25, 0.3) is 0 Å². The standard InChI is InChI=1S/C26H34N2O4/c1-19-4-6-20(7-5-19)10-13-26(30)28-16-14-22(15-17-28)27-25(29)12-9-21-8-11-23(31-2)24(18-21)32-3/h4-8,11,18,22H,9-10,12-17H2,1-3H3,(H,27,29). The lowest BCUT2D eigenvalue weighted by Crippen LogP contribution is -2.46. The number of piperidine rings is 1. The fourth-order valence-corrected chi connectivity index (χ4v) is 4.03. The minimum atomic E-state index is 0.0453. The van der Waals surface area contributed by atoms with Crippen LogP contribution in [-0.2, 0) is 22.4 Å². The zero-order valence-corrected chi connectivity index (χ0v) is 19.4. The number of nitrogens with one attached hydrogen (secondary N) is 1. The predicted molar refractivity (Wildman–Crippen MR) is 125 cm³/mol. The van der Waals surface area contributed by atoms with Crippen LogP contribution in [0.25, 0.3) is 0 Å². The highest BCUT2D eigenvalue weighted by molar-refractivity contribution is 5.77. The van der Waals surface area contributed by atoms with Gasteiger partial charge in [-0.3, -0.25) is 9.59 Å². The van der Waals surface area contributed by atoms with Crippen molar-refractivity contribution in [2.24, 2.45) is 0 Å². The Bertz CT molecular complexity index is 903. The maximum Gasteiger partial charge on any atom is 0.222 e. The summed E-state index contributed by atoms with van der Waals surface area (Å²) in [7, 11) is 3.21. The van der Waals surface area contributed by atoms with Crippen molar-refractivity contribution in [2.45, 2.75) is 51.5 Å².